The second-order valence-electron chi connectivity index (χ2n) is 13.3. The predicted molar refractivity (Wildman–Crippen MR) is 201 cm³/mol. The van der Waals surface area contributed by atoms with Crippen molar-refractivity contribution in [1.82, 2.24) is 0 Å². The monoisotopic (exact) mass is 648 g/mol. The molecular weight excluding hydrogens is 588 g/mol. The fourth-order valence-corrected chi connectivity index (χ4v) is 6.33. The number of hydrogen-bond donors (Lipinski definition) is 0. The van der Waals surface area contributed by atoms with Crippen LogP contribution < -0.4 is 9.47 Å². The van der Waals surface area contributed by atoms with Crippen LogP contribution in [0.25, 0.3) is 22.3 Å². The molecule has 0 amide bonds. The highest BCUT2D eigenvalue weighted by Crippen LogP contribution is 2.37. The quantitative estimate of drug-likeness (QED) is 0.0812. The number of rotatable bonds is 26. The van der Waals surface area contributed by atoms with Gasteiger partial charge in [0.2, 0.25) is 0 Å². The Kier molecular flexibility index (Phi) is 19.7. The molecule has 258 valence electrons. The van der Waals surface area contributed by atoms with Gasteiger partial charge in [-0.2, -0.15) is 10.5 Å². The molecule has 0 atom stereocenters. The maximum absolute atomic E-state index is 9.84. The van der Waals surface area contributed by atoms with E-state index in [9.17, 15) is 10.5 Å². The third-order valence-electron chi connectivity index (χ3n) is 9.22. The summed E-state index contributed by atoms with van der Waals surface area (Å²) in [5.74, 6) is 1.65. The minimum atomic E-state index is 0.376. The molecule has 0 heterocycles. The van der Waals surface area contributed by atoms with Gasteiger partial charge in [0.25, 0.3) is 0 Å². The minimum Gasteiger partial charge on any atom is -0.494 e. The predicted octanol–water partition coefficient (Wildman–Crippen LogP) is 13.4. The van der Waals surface area contributed by atoms with Crippen LogP contribution in [-0.2, 0) is 0 Å². The van der Waals surface area contributed by atoms with Gasteiger partial charge in [-0.05, 0) is 71.5 Å². The first-order chi connectivity index (χ1) is 23.7. The lowest BCUT2D eigenvalue weighted by atomic mass is 9.90. The summed E-state index contributed by atoms with van der Waals surface area (Å²) in [7, 11) is 0. The zero-order valence-corrected chi connectivity index (χ0v) is 30.0. The highest BCUT2D eigenvalue weighted by Gasteiger charge is 2.15. The van der Waals surface area contributed by atoms with Crippen molar-refractivity contribution >= 4 is 0 Å². The fraction of sp³-hybridized carbons (Fsp3) is 0.545. The number of ether oxygens (including phenoxy) is 2. The Balaban J connectivity index is 1.57. The van der Waals surface area contributed by atoms with Gasteiger partial charge in [0, 0.05) is 0 Å². The van der Waals surface area contributed by atoms with Gasteiger partial charge < -0.3 is 9.47 Å². The van der Waals surface area contributed by atoms with E-state index in [1.807, 2.05) is 60.7 Å². The van der Waals surface area contributed by atoms with Crippen LogP contribution in [0, 0.1) is 22.7 Å². The van der Waals surface area contributed by atoms with E-state index in [1.54, 1.807) is 0 Å². The molecule has 48 heavy (non-hydrogen) atoms. The smallest absolute Gasteiger partial charge is 0.119 e. The third-order valence-corrected chi connectivity index (χ3v) is 9.22. The van der Waals surface area contributed by atoms with Gasteiger partial charge in [0.1, 0.15) is 23.6 Å². The molecule has 0 radical (unpaired) electrons. The van der Waals surface area contributed by atoms with E-state index >= 15 is 0 Å². The molecule has 0 spiro atoms. The van der Waals surface area contributed by atoms with Gasteiger partial charge in [-0.1, -0.05) is 154 Å². The van der Waals surface area contributed by atoms with Gasteiger partial charge >= 0.3 is 0 Å². The van der Waals surface area contributed by atoms with Crippen LogP contribution in [-0.4, -0.2) is 13.2 Å². The zero-order chi connectivity index (χ0) is 34.1. The molecular formula is C44H60N2O2. The molecule has 0 aliphatic rings. The Labute approximate surface area is 292 Å². The third kappa shape index (κ3) is 14.6. The van der Waals surface area contributed by atoms with E-state index in [0.717, 1.165) is 46.6 Å². The summed E-state index contributed by atoms with van der Waals surface area (Å²) in [6, 6.07) is 24.3. The molecule has 0 aromatic heterocycles. The van der Waals surface area contributed by atoms with Crippen LogP contribution in [0.2, 0.25) is 0 Å². The molecule has 3 aromatic rings. The van der Waals surface area contributed by atoms with Crippen LogP contribution in [0.15, 0.2) is 60.7 Å². The molecule has 3 aromatic carbocycles. The number of hydrogen-bond acceptors (Lipinski definition) is 4. The fourth-order valence-electron chi connectivity index (χ4n) is 6.33. The van der Waals surface area contributed by atoms with Crippen molar-refractivity contribution in [3.63, 3.8) is 0 Å². The lowest BCUT2D eigenvalue weighted by Gasteiger charge is -2.15. The maximum Gasteiger partial charge on any atom is 0.119 e. The first kappa shape index (κ1) is 38.7. The second-order valence-corrected chi connectivity index (χ2v) is 13.3. The molecule has 0 N–H and O–H groups in total. The number of nitrogens with zero attached hydrogens (tertiary/aromatic N) is 2. The van der Waals surface area contributed by atoms with E-state index in [0.29, 0.717) is 24.3 Å². The molecule has 4 heteroatoms. The summed E-state index contributed by atoms with van der Waals surface area (Å²) in [4.78, 5) is 0. The van der Waals surface area contributed by atoms with Crippen LogP contribution in [0.4, 0.5) is 0 Å². The number of benzene rings is 3. The molecule has 0 saturated heterocycles. The maximum atomic E-state index is 9.84. The molecule has 0 aliphatic heterocycles. The number of unbranched alkanes of at least 4 members (excludes halogenated alkanes) is 18. The highest BCUT2D eigenvalue weighted by molar-refractivity contribution is 5.86. The summed E-state index contributed by atoms with van der Waals surface area (Å²) >= 11 is 0. The second kappa shape index (κ2) is 24.4. The average Bonchev–Trinajstić information content (AvgIpc) is 3.12. The largest absolute Gasteiger partial charge is 0.494 e. The molecule has 0 saturated carbocycles. The van der Waals surface area contributed by atoms with Crippen LogP contribution in [0.1, 0.15) is 153 Å². The molecule has 0 fully saturated rings. The first-order valence-corrected chi connectivity index (χ1v) is 19.1. The zero-order valence-electron chi connectivity index (χ0n) is 30.0. The summed E-state index contributed by atoms with van der Waals surface area (Å²) in [5, 5.41) is 19.7. The standard InChI is InChI=1S/C44H60N2O2/c1-3-5-7-9-11-13-15-17-19-21-29-47-41-27-23-25-37(31-41)43-33-39(35-45)40(36-46)34-44(43)38-26-24-28-42(32-38)48-30-22-20-18-16-14-12-10-8-6-4-2/h23-28,31-34H,3-22,29-30H2,1-2H3. The normalized spacial score (nSPS) is 10.8. The number of nitriles is 2. The highest BCUT2D eigenvalue weighted by atomic mass is 16.5. The molecule has 0 bridgehead atoms. The Bertz CT molecular complexity index is 1290. The van der Waals surface area contributed by atoms with E-state index in [4.69, 9.17) is 9.47 Å². The van der Waals surface area contributed by atoms with Crippen molar-refractivity contribution < 1.29 is 9.47 Å². The van der Waals surface area contributed by atoms with E-state index in [2.05, 4.69) is 26.0 Å². The van der Waals surface area contributed by atoms with Gasteiger partial charge in [-0.25, -0.2) is 0 Å². The average molecular weight is 649 g/mol. The van der Waals surface area contributed by atoms with E-state index in [1.165, 1.54) is 116 Å². The molecule has 0 unspecified atom stereocenters. The molecule has 0 aliphatic carbocycles. The summed E-state index contributed by atoms with van der Waals surface area (Å²) < 4.78 is 12.3. The topological polar surface area (TPSA) is 66.0 Å². The van der Waals surface area contributed by atoms with Crippen LogP contribution in [0.5, 0.6) is 11.5 Å². The Morgan fingerprint density at radius 2 is 0.771 bits per heavy atom. The van der Waals surface area contributed by atoms with Gasteiger partial charge in [0.15, 0.2) is 0 Å². The van der Waals surface area contributed by atoms with Crippen molar-refractivity contribution in [1.29, 1.82) is 10.5 Å². The molecule has 4 nitrogen and oxygen atoms in total. The Morgan fingerprint density at radius 1 is 0.438 bits per heavy atom. The van der Waals surface area contributed by atoms with Crippen molar-refractivity contribution in [3.8, 4) is 45.9 Å². The molecule has 3 rings (SSSR count). The minimum absolute atomic E-state index is 0.376. The van der Waals surface area contributed by atoms with Crippen LogP contribution >= 0.6 is 0 Å². The Hall–Kier alpha value is -3.76. The SMILES string of the molecule is CCCCCCCCCCCCOc1cccc(-c2cc(C#N)c(C#N)cc2-c2cccc(OCCCCCCCCCCCC)c2)c1. The van der Waals surface area contributed by atoms with Gasteiger partial charge in [-0.3, -0.25) is 0 Å². The summed E-state index contributed by atoms with van der Waals surface area (Å²) in [6.45, 7) is 5.93. The van der Waals surface area contributed by atoms with Gasteiger partial charge in [-0.15, -0.1) is 0 Å². The first-order valence-electron chi connectivity index (χ1n) is 19.1. The lowest BCUT2D eigenvalue weighted by Crippen LogP contribution is -1.99. The van der Waals surface area contributed by atoms with Crippen molar-refractivity contribution in [2.24, 2.45) is 0 Å². The summed E-state index contributed by atoms with van der Waals surface area (Å²) in [6.07, 6.45) is 25.9. The van der Waals surface area contributed by atoms with Crippen molar-refractivity contribution in [2.45, 2.75) is 142 Å². The summed E-state index contributed by atoms with van der Waals surface area (Å²) in [5.41, 5.74) is 4.48. The van der Waals surface area contributed by atoms with Gasteiger partial charge in [0.05, 0.1) is 24.3 Å². The Morgan fingerprint density at radius 3 is 1.10 bits per heavy atom. The van der Waals surface area contributed by atoms with Crippen LogP contribution in [0.3, 0.4) is 0 Å². The van der Waals surface area contributed by atoms with E-state index < -0.39 is 0 Å². The van der Waals surface area contributed by atoms with Crippen molar-refractivity contribution in [3.05, 3.63) is 71.8 Å². The van der Waals surface area contributed by atoms with Crippen molar-refractivity contribution in [2.75, 3.05) is 13.2 Å². The lowest BCUT2D eigenvalue weighted by molar-refractivity contribution is 0.304. The van der Waals surface area contributed by atoms with E-state index in [-0.39, 0.29) is 0 Å².